The summed E-state index contributed by atoms with van der Waals surface area (Å²) in [6.45, 7) is 1.68. The largest absolute Gasteiger partial charge is 0.350 e. The number of nitrogens with zero attached hydrogens (tertiary/aromatic N) is 1. The van der Waals surface area contributed by atoms with Crippen LogP contribution in [-0.4, -0.2) is 29.0 Å². The van der Waals surface area contributed by atoms with Crippen LogP contribution in [0.4, 0.5) is 5.69 Å². The third-order valence-corrected chi connectivity index (χ3v) is 7.45. The molecule has 4 aliphatic carbocycles. The molecule has 0 heterocycles. The van der Waals surface area contributed by atoms with Gasteiger partial charge in [-0.25, -0.2) is 5.43 Å². The molecule has 4 fully saturated rings. The summed E-state index contributed by atoms with van der Waals surface area (Å²) >= 11 is 0. The van der Waals surface area contributed by atoms with Crippen LogP contribution in [0, 0.1) is 17.8 Å². The summed E-state index contributed by atoms with van der Waals surface area (Å²) in [7, 11) is 0. The van der Waals surface area contributed by atoms with E-state index in [-0.39, 0.29) is 17.9 Å². The van der Waals surface area contributed by atoms with E-state index >= 15 is 0 Å². The molecule has 33 heavy (non-hydrogen) atoms. The van der Waals surface area contributed by atoms with Crippen LogP contribution in [0.15, 0.2) is 47.6 Å². The molecular formula is C26H30N4O3. The lowest BCUT2D eigenvalue weighted by atomic mass is 9.53. The van der Waals surface area contributed by atoms with Gasteiger partial charge in [0.25, 0.3) is 0 Å². The van der Waals surface area contributed by atoms with E-state index in [9.17, 15) is 14.4 Å². The van der Waals surface area contributed by atoms with Crippen molar-refractivity contribution in [1.29, 1.82) is 0 Å². The van der Waals surface area contributed by atoms with Crippen molar-refractivity contribution in [2.75, 3.05) is 5.32 Å². The molecule has 0 unspecified atom stereocenters. The molecule has 4 aliphatic rings. The summed E-state index contributed by atoms with van der Waals surface area (Å²) in [6.07, 6.45) is 7.34. The minimum absolute atomic E-state index is 0.0479. The highest BCUT2D eigenvalue weighted by Gasteiger charge is 2.51. The van der Waals surface area contributed by atoms with Gasteiger partial charge in [-0.2, -0.15) is 5.10 Å². The monoisotopic (exact) mass is 446 g/mol. The Hall–Kier alpha value is -3.22. The number of rotatable bonds is 5. The number of hydrazone groups is 1. The molecule has 7 heteroatoms. The minimum Gasteiger partial charge on any atom is -0.350 e. The van der Waals surface area contributed by atoms with Gasteiger partial charge in [0.2, 0.25) is 5.91 Å². The van der Waals surface area contributed by atoms with Crippen molar-refractivity contribution < 1.29 is 14.4 Å². The fraction of sp³-hybridized carbons (Fsp3) is 0.462. The molecule has 2 aromatic carbocycles. The van der Waals surface area contributed by atoms with Gasteiger partial charge < -0.3 is 10.6 Å². The summed E-state index contributed by atoms with van der Waals surface area (Å²) in [6, 6.07) is 13.1. The first-order valence-electron chi connectivity index (χ1n) is 11.8. The predicted octanol–water partition coefficient (Wildman–Crippen LogP) is 3.75. The third kappa shape index (κ3) is 4.63. The first-order valence-corrected chi connectivity index (χ1v) is 11.8. The molecular weight excluding hydrogens is 416 g/mol. The third-order valence-electron chi connectivity index (χ3n) is 7.45. The molecule has 4 bridgehead atoms. The Morgan fingerprint density at radius 3 is 2.24 bits per heavy atom. The van der Waals surface area contributed by atoms with Gasteiger partial charge >= 0.3 is 11.8 Å². The van der Waals surface area contributed by atoms with E-state index in [4.69, 9.17) is 0 Å². The summed E-state index contributed by atoms with van der Waals surface area (Å²) in [5.74, 6) is 0.528. The van der Waals surface area contributed by atoms with Crippen molar-refractivity contribution in [2.45, 2.75) is 57.4 Å². The van der Waals surface area contributed by atoms with Crippen molar-refractivity contribution in [1.82, 2.24) is 10.7 Å². The number of amides is 3. The van der Waals surface area contributed by atoms with Crippen LogP contribution >= 0.6 is 0 Å². The fourth-order valence-electron chi connectivity index (χ4n) is 6.59. The van der Waals surface area contributed by atoms with E-state index in [1.807, 2.05) is 36.4 Å². The Balaban J connectivity index is 1.14. The second-order valence-electron chi connectivity index (χ2n) is 10.2. The summed E-state index contributed by atoms with van der Waals surface area (Å²) in [5, 5.41) is 11.7. The van der Waals surface area contributed by atoms with E-state index in [0.717, 1.165) is 47.8 Å². The lowest BCUT2D eigenvalue weighted by Gasteiger charge is -2.56. The van der Waals surface area contributed by atoms with E-state index in [1.54, 1.807) is 13.0 Å². The van der Waals surface area contributed by atoms with Crippen molar-refractivity contribution in [3.05, 3.63) is 42.5 Å². The number of nitrogens with one attached hydrogen (secondary N) is 3. The van der Waals surface area contributed by atoms with Crippen LogP contribution in [0.5, 0.6) is 0 Å². The van der Waals surface area contributed by atoms with E-state index < -0.39 is 11.8 Å². The lowest BCUT2D eigenvalue weighted by molar-refractivity contribution is -0.136. The van der Waals surface area contributed by atoms with Gasteiger partial charge in [0.1, 0.15) is 0 Å². The second kappa shape index (κ2) is 8.61. The first-order chi connectivity index (χ1) is 15.9. The van der Waals surface area contributed by atoms with Gasteiger partial charge in [-0.1, -0.05) is 36.4 Å². The zero-order chi connectivity index (χ0) is 23.0. The average Bonchev–Trinajstić information content (AvgIpc) is 2.76. The Bertz CT molecular complexity index is 1100. The normalized spacial score (nSPS) is 27.9. The molecule has 0 saturated heterocycles. The van der Waals surface area contributed by atoms with Crippen LogP contribution in [0.3, 0.4) is 0 Å². The highest BCUT2D eigenvalue weighted by molar-refractivity contribution is 6.40. The molecule has 6 rings (SSSR count). The summed E-state index contributed by atoms with van der Waals surface area (Å²) in [5.41, 5.74) is 3.25. The highest BCUT2D eigenvalue weighted by atomic mass is 16.2. The number of carbonyl (C=O) groups is 3. The maximum atomic E-state index is 12.7. The number of anilines is 1. The number of hydrogen-bond donors (Lipinski definition) is 3. The maximum absolute atomic E-state index is 12.7. The van der Waals surface area contributed by atoms with Crippen molar-refractivity contribution in [3.8, 4) is 0 Å². The van der Waals surface area contributed by atoms with Crippen LogP contribution in [0.1, 0.15) is 51.9 Å². The zero-order valence-corrected chi connectivity index (χ0v) is 18.9. The van der Waals surface area contributed by atoms with Gasteiger partial charge in [0.05, 0.1) is 6.42 Å². The Morgan fingerprint density at radius 1 is 0.909 bits per heavy atom. The Labute approximate surface area is 193 Å². The number of carbonyl (C=O) groups excluding carboxylic acids is 3. The van der Waals surface area contributed by atoms with E-state index in [1.165, 1.54) is 19.3 Å². The van der Waals surface area contributed by atoms with Gasteiger partial charge in [-0.3, -0.25) is 14.4 Å². The molecule has 0 radical (unpaired) electrons. The van der Waals surface area contributed by atoms with Crippen LogP contribution < -0.4 is 16.1 Å². The highest BCUT2D eigenvalue weighted by Crippen LogP contribution is 2.55. The van der Waals surface area contributed by atoms with Crippen molar-refractivity contribution in [3.63, 3.8) is 0 Å². The molecule has 3 amide bonds. The smallest absolute Gasteiger partial charge is 0.329 e. The summed E-state index contributed by atoms with van der Waals surface area (Å²) < 4.78 is 0. The molecule has 172 valence electrons. The molecule has 3 N–H and O–H groups in total. The van der Waals surface area contributed by atoms with Crippen LogP contribution in [-0.2, 0) is 14.4 Å². The van der Waals surface area contributed by atoms with Crippen LogP contribution in [0.2, 0.25) is 0 Å². The van der Waals surface area contributed by atoms with E-state index in [0.29, 0.717) is 11.4 Å². The molecule has 7 nitrogen and oxygen atoms in total. The van der Waals surface area contributed by atoms with Crippen LogP contribution in [0.25, 0.3) is 10.8 Å². The Kier molecular flexibility index (Phi) is 5.64. The lowest BCUT2D eigenvalue weighted by Crippen LogP contribution is -2.60. The van der Waals surface area contributed by atoms with Gasteiger partial charge in [0.15, 0.2) is 0 Å². The zero-order valence-electron chi connectivity index (χ0n) is 18.9. The predicted molar refractivity (Wildman–Crippen MR) is 127 cm³/mol. The van der Waals surface area contributed by atoms with Crippen molar-refractivity contribution in [2.24, 2.45) is 22.9 Å². The number of benzene rings is 2. The quantitative estimate of drug-likeness (QED) is 0.371. The standard InChI is InChI=1S/C26H30N4O3/c1-16(9-23(31)28-26-13-17-10-18(14-26)12-19(11-17)15-26)29-30-25(33)24(32)27-22-8-4-6-20-5-2-3-7-21(20)22/h2-8,17-19H,9-15H2,1H3,(H,27,32)(H,28,31)(H,30,33)/b29-16+. The summed E-state index contributed by atoms with van der Waals surface area (Å²) in [4.78, 5) is 37.3. The van der Waals surface area contributed by atoms with Gasteiger partial charge in [-0.05, 0) is 74.7 Å². The molecule has 0 atom stereocenters. The number of fused-ring (bicyclic) bond motifs is 1. The van der Waals surface area contributed by atoms with Crippen molar-refractivity contribution >= 4 is 39.9 Å². The molecule has 0 aromatic heterocycles. The molecule has 4 saturated carbocycles. The SMILES string of the molecule is C/C(CC(=O)NC12CC3CC(CC(C3)C1)C2)=N\NC(=O)C(=O)Nc1cccc2ccccc12. The number of hydrogen-bond acceptors (Lipinski definition) is 4. The van der Waals surface area contributed by atoms with E-state index in [2.05, 4.69) is 21.2 Å². The van der Waals surface area contributed by atoms with Gasteiger partial charge in [-0.15, -0.1) is 0 Å². The molecule has 2 aromatic rings. The second-order valence-corrected chi connectivity index (χ2v) is 10.2. The van der Waals surface area contributed by atoms with Gasteiger partial charge in [0, 0.05) is 22.3 Å². The molecule has 0 spiro atoms. The average molecular weight is 447 g/mol. The minimum atomic E-state index is -0.872. The maximum Gasteiger partial charge on any atom is 0.329 e. The molecule has 0 aliphatic heterocycles. The fourth-order valence-corrected chi connectivity index (χ4v) is 6.59. The first kappa shape index (κ1) is 21.6. The topological polar surface area (TPSA) is 99.7 Å². The Morgan fingerprint density at radius 2 is 1.55 bits per heavy atom.